The summed E-state index contributed by atoms with van der Waals surface area (Å²) < 4.78 is 155. The molecule has 2 aromatic carbocycles. The van der Waals surface area contributed by atoms with Gasteiger partial charge < -0.3 is 4.90 Å². The number of rotatable bonds is 5. The fourth-order valence-electron chi connectivity index (χ4n) is 3.51. The summed E-state index contributed by atoms with van der Waals surface area (Å²) in [5.41, 5.74) is -6.75. The van der Waals surface area contributed by atoms with Crippen molar-refractivity contribution in [3.8, 4) is 0 Å². The molecule has 0 N–H and O–H groups in total. The van der Waals surface area contributed by atoms with Crippen molar-refractivity contribution in [3.05, 3.63) is 71.8 Å². The minimum absolute atomic E-state index is 0.0123. The van der Waals surface area contributed by atoms with Gasteiger partial charge in [-0.05, 0) is 11.1 Å². The van der Waals surface area contributed by atoms with Gasteiger partial charge in [-0.2, -0.15) is 43.9 Å². The van der Waals surface area contributed by atoms with E-state index in [1.54, 1.807) is 0 Å². The predicted molar refractivity (Wildman–Crippen MR) is 95.7 cm³/mol. The molecule has 1 aliphatic rings. The molecule has 0 spiro atoms. The Morgan fingerprint density at radius 1 is 0.529 bits per heavy atom. The highest BCUT2D eigenvalue weighted by Gasteiger charge is 3.03. The summed E-state index contributed by atoms with van der Waals surface area (Å²) >= 11 is 0. The Morgan fingerprint density at radius 2 is 0.824 bits per heavy atom. The van der Waals surface area contributed by atoms with Gasteiger partial charge in [0.05, 0.1) is 0 Å². The van der Waals surface area contributed by atoms with E-state index in [0.29, 0.717) is 0 Å². The van der Waals surface area contributed by atoms with Crippen LogP contribution in [0.4, 0.5) is 48.3 Å². The molecule has 2 aromatic rings. The molecular formula is C21H14F11NO. The quantitative estimate of drug-likeness (QED) is 0.449. The van der Waals surface area contributed by atoms with E-state index in [1.165, 1.54) is 60.7 Å². The second-order valence-corrected chi connectivity index (χ2v) is 7.66. The zero-order valence-electron chi connectivity index (χ0n) is 16.7. The van der Waals surface area contributed by atoms with Gasteiger partial charge in [-0.1, -0.05) is 60.7 Å². The maximum absolute atomic E-state index is 15.3. The van der Waals surface area contributed by atoms with Crippen LogP contribution >= 0.6 is 0 Å². The Hall–Kier alpha value is -2.86. The number of carbonyl (C=O) groups excluding carboxylic acids is 1. The topological polar surface area (TPSA) is 20.3 Å². The van der Waals surface area contributed by atoms with Crippen LogP contribution in [0.3, 0.4) is 0 Å². The van der Waals surface area contributed by atoms with E-state index < -0.39 is 54.3 Å². The van der Waals surface area contributed by atoms with Crippen molar-refractivity contribution in [1.82, 2.24) is 4.90 Å². The van der Waals surface area contributed by atoms with E-state index >= 15 is 4.39 Å². The second kappa shape index (κ2) is 7.84. The molecule has 1 fully saturated rings. The number of halogens is 11. The van der Waals surface area contributed by atoms with E-state index in [9.17, 15) is 48.7 Å². The first-order chi connectivity index (χ1) is 15.5. The summed E-state index contributed by atoms with van der Waals surface area (Å²) in [4.78, 5) is 12.6. The smallest absolute Gasteiger partial charge is 0.331 e. The molecule has 186 valence electrons. The zero-order chi connectivity index (χ0) is 25.8. The van der Waals surface area contributed by atoms with E-state index in [2.05, 4.69) is 0 Å². The Balaban J connectivity index is 2.19. The summed E-state index contributed by atoms with van der Waals surface area (Å²) in [6.07, 6.45) is 0. The van der Waals surface area contributed by atoms with Crippen molar-refractivity contribution in [2.24, 2.45) is 0 Å². The van der Waals surface area contributed by atoms with Crippen LogP contribution in [0.15, 0.2) is 60.7 Å². The van der Waals surface area contributed by atoms with Gasteiger partial charge in [0, 0.05) is 13.1 Å². The van der Waals surface area contributed by atoms with E-state index in [4.69, 9.17) is 0 Å². The molecule has 1 saturated carbocycles. The van der Waals surface area contributed by atoms with Gasteiger partial charge in [-0.15, -0.1) is 0 Å². The number of benzene rings is 2. The normalized spacial score (nSPS) is 23.1. The molecule has 34 heavy (non-hydrogen) atoms. The third-order valence-corrected chi connectivity index (χ3v) is 5.46. The lowest BCUT2D eigenvalue weighted by molar-refractivity contribution is -0.477. The first-order valence-corrected chi connectivity index (χ1v) is 9.42. The van der Waals surface area contributed by atoms with Crippen LogP contribution < -0.4 is 0 Å². The van der Waals surface area contributed by atoms with Crippen molar-refractivity contribution >= 4 is 5.91 Å². The molecule has 0 aliphatic heterocycles. The van der Waals surface area contributed by atoms with Crippen molar-refractivity contribution < 1.29 is 53.1 Å². The van der Waals surface area contributed by atoms with Crippen molar-refractivity contribution in [1.29, 1.82) is 0 Å². The Labute approximate surface area is 185 Å². The highest BCUT2D eigenvalue weighted by Crippen LogP contribution is 2.69. The first kappa shape index (κ1) is 25.8. The SMILES string of the molecule is O=C(N(Cc1ccccc1)Cc1ccccc1)C1(F)C(F)(F)C(F)(F)C(F)(F)C(F)(F)C1(F)F. The number of alkyl halides is 11. The maximum atomic E-state index is 15.3. The van der Waals surface area contributed by atoms with Crippen LogP contribution in [-0.2, 0) is 17.9 Å². The van der Waals surface area contributed by atoms with Gasteiger partial charge >= 0.3 is 35.3 Å². The monoisotopic (exact) mass is 505 g/mol. The number of nitrogens with zero attached hydrogens (tertiary/aromatic N) is 1. The Kier molecular flexibility index (Phi) is 5.94. The standard InChI is InChI=1S/C21H14F11NO/c22-16(17(23,24)19(27,28)21(31,32)20(29,30)18(16,25)26)15(34)33(11-13-7-3-1-4-8-13)12-14-9-5-2-6-10-14/h1-10H,11-12H2. The van der Waals surface area contributed by atoms with E-state index in [1.807, 2.05) is 0 Å². The number of hydrogen-bond acceptors (Lipinski definition) is 1. The molecule has 0 bridgehead atoms. The predicted octanol–water partition coefficient (Wildman–Crippen LogP) is 6.11. The van der Waals surface area contributed by atoms with Crippen molar-refractivity contribution in [2.75, 3.05) is 0 Å². The van der Waals surface area contributed by atoms with Crippen LogP contribution in [0, 0.1) is 0 Å². The van der Waals surface area contributed by atoms with E-state index in [0.717, 1.165) is 0 Å². The highest BCUT2D eigenvalue weighted by molar-refractivity contribution is 5.89. The fourth-order valence-corrected chi connectivity index (χ4v) is 3.51. The largest absolute Gasteiger partial charge is 0.384 e. The Bertz CT molecular complexity index is 970. The molecule has 0 unspecified atom stereocenters. The van der Waals surface area contributed by atoms with Crippen LogP contribution in [-0.4, -0.2) is 46.1 Å². The van der Waals surface area contributed by atoms with Gasteiger partial charge in [0.1, 0.15) is 0 Å². The molecule has 1 amide bonds. The summed E-state index contributed by atoms with van der Waals surface area (Å²) in [6, 6.07) is 13.1. The minimum atomic E-state index is -7.38. The van der Waals surface area contributed by atoms with Gasteiger partial charge in [0.15, 0.2) is 0 Å². The molecule has 2 nitrogen and oxygen atoms in total. The molecule has 13 heteroatoms. The average molecular weight is 505 g/mol. The Morgan fingerprint density at radius 3 is 1.15 bits per heavy atom. The van der Waals surface area contributed by atoms with Gasteiger partial charge in [0.2, 0.25) is 0 Å². The van der Waals surface area contributed by atoms with Gasteiger partial charge in [0.25, 0.3) is 5.91 Å². The van der Waals surface area contributed by atoms with Crippen LogP contribution in [0.5, 0.6) is 0 Å². The molecule has 0 aromatic heterocycles. The molecule has 0 saturated heterocycles. The lowest BCUT2D eigenvalue weighted by Crippen LogP contribution is -2.86. The first-order valence-electron chi connectivity index (χ1n) is 9.42. The molecule has 3 rings (SSSR count). The molecule has 0 heterocycles. The van der Waals surface area contributed by atoms with Gasteiger partial charge in [-0.25, -0.2) is 4.39 Å². The van der Waals surface area contributed by atoms with Crippen LogP contribution in [0.1, 0.15) is 11.1 Å². The van der Waals surface area contributed by atoms with Crippen molar-refractivity contribution in [3.63, 3.8) is 0 Å². The summed E-state index contributed by atoms with van der Waals surface area (Å²) in [7, 11) is 0. The van der Waals surface area contributed by atoms with Crippen molar-refractivity contribution in [2.45, 2.75) is 48.4 Å². The fraction of sp³-hybridized carbons (Fsp3) is 0.381. The second-order valence-electron chi connectivity index (χ2n) is 7.66. The lowest BCUT2D eigenvalue weighted by atomic mass is 9.71. The molecule has 0 radical (unpaired) electrons. The lowest BCUT2D eigenvalue weighted by Gasteiger charge is -2.52. The average Bonchev–Trinajstić information content (AvgIpc) is 2.77. The third-order valence-electron chi connectivity index (χ3n) is 5.46. The van der Waals surface area contributed by atoms with E-state index in [-0.39, 0.29) is 16.0 Å². The minimum Gasteiger partial charge on any atom is -0.331 e. The van der Waals surface area contributed by atoms with Crippen LogP contribution in [0.2, 0.25) is 0 Å². The molecule has 1 aliphatic carbocycles. The van der Waals surface area contributed by atoms with Gasteiger partial charge in [-0.3, -0.25) is 4.79 Å². The maximum Gasteiger partial charge on any atom is 0.384 e. The molecule has 0 atom stereocenters. The summed E-state index contributed by atoms with van der Waals surface area (Å²) in [6.45, 7) is -1.94. The zero-order valence-corrected chi connectivity index (χ0v) is 16.7. The summed E-state index contributed by atoms with van der Waals surface area (Å²) in [5.74, 6) is -39.7. The highest BCUT2D eigenvalue weighted by atomic mass is 19.4. The van der Waals surface area contributed by atoms with Crippen LogP contribution in [0.25, 0.3) is 0 Å². The number of hydrogen-bond donors (Lipinski definition) is 0. The number of carbonyl (C=O) groups is 1. The number of amides is 1. The summed E-state index contributed by atoms with van der Waals surface area (Å²) in [5, 5.41) is 0. The molecular weight excluding hydrogens is 491 g/mol. The third kappa shape index (κ3) is 3.18.